The molecular weight excluding hydrogens is 248 g/mol. The Bertz CT molecular complexity index is 597. The number of phenolic OH excluding ortho intramolecular Hbond substituents is 1. The molecule has 1 N–H and O–H groups in total. The van der Waals surface area contributed by atoms with Crippen molar-refractivity contribution >= 4 is 10.8 Å². The molecule has 1 fully saturated rings. The zero-order chi connectivity index (χ0) is 13.9. The van der Waals surface area contributed by atoms with Crippen molar-refractivity contribution in [2.45, 2.75) is 13.0 Å². The Balaban J connectivity index is 1.88. The molecule has 3 heteroatoms. The third kappa shape index (κ3) is 2.79. The molecule has 0 saturated carbocycles. The summed E-state index contributed by atoms with van der Waals surface area (Å²) in [6.45, 7) is 5.27. The van der Waals surface area contributed by atoms with Gasteiger partial charge < -0.3 is 10.0 Å². The average molecular weight is 270 g/mol. The number of fused-ring (bicyclic) bond motifs is 1. The highest BCUT2D eigenvalue weighted by Gasteiger charge is 2.15. The fraction of sp³-hybridized carbons (Fsp3) is 0.412. The summed E-state index contributed by atoms with van der Waals surface area (Å²) in [5.74, 6) is 0.418. The van der Waals surface area contributed by atoms with Gasteiger partial charge in [-0.3, -0.25) is 4.90 Å². The topological polar surface area (TPSA) is 26.7 Å². The third-order valence-corrected chi connectivity index (χ3v) is 4.21. The second-order valence-electron chi connectivity index (χ2n) is 5.72. The maximum Gasteiger partial charge on any atom is 0.120 e. The standard InChI is InChI=1S/C17H22N2O/c1-18-9-4-10-19(12-11-18)13-16-15-6-3-2-5-14(15)7-8-17(16)20/h2-3,5-8,20H,4,9-13H2,1H3. The van der Waals surface area contributed by atoms with Crippen LogP contribution in [-0.4, -0.2) is 48.1 Å². The number of likely N-dealkylation sites (N-methyl/N-ethyl adjacent to an activating group) is 1. The van der Waals surface area contributed by atoms with E-state index in [1.54, 1.807) is 0 Å². The lowest BCUT2D eigenvalue weighted by atomic mass is 10.0. The van der Waals surface area contributed by atoms with Crippen molar-refractivity contribution in [2.24, 2.45) is 0 Å². The van der Waals surface area contributed by atoms with Crippen LogP contribution < -0.4 is 0 Å². The molecule has 0 aliphatic carbocycles. The van der Waals surface area contributed by atoms with E-state index in [4.69, 9.17) is 0 Å². The van der Waals surface area contributed by atoms with Gasteiger partial charge in [0.05, 0.1) is 0 Å². The summed E-state index contributed by atoms with van der Waals surface area (Å²) < 4.78 is 0. The van der Waals surface area contributed by atoms with Crippen molar-refractivity contribution in [1.29, 1.82) is 0 Å². The van der Waals surface area contributed by atoms with Crippen LogP contribution in [-0.2, 0) is 6.54 Å². The molecule has 3 rings (SSSR count). The molecule has 1 saturated heterocycles. The van der Waals surface area contributed by atoms with E-state index in [1.165, 1.54) is 17.2 Å². The van der Waals surface area contributed by atoms with Gasteiger partial charge in [0.25, 0.3) is 0 Å². The van der Waals surface area contributed by atoms with E-state index < -0.39 is 0 Å². The van der Waals surface area contributed by atoms with Crippen molar-refractivity contribution in [1.82, 2.24) is 9.80 Å². The highest BCUT2D eigenvalue weighted by molar-refractivity contribution is 5.87. The first-order valence-electron chi connectivity index (χ1n) is 7.34. The van der Waals surface area contributed by atoms with Gasteiger partial charge in [-0.2, -0.15) is 0 Å². The van der Waals surface area contributed by atoms with E-state index in [0.29, 0.717) is 5.75 Å². The molecule has 1 aliphatic heterocycles. The minimum absolute atomic E-state index is 0.418. The molecule has 106 valence electrons. The van der Waals surface area contributed by atoms with Crippen LogP contribution >= 0.6 is 0 Å². The number of hydrogen-bond acceptors (Lipinski definition) is 3. The van der Waals surface area contributed by atoms with Gasteiger partial charge in [-0.05, 0) is 43.4 Å². The molecule has 0 spiro atoms. The van der Waals surface area contributed by atoms with Gasteiger partial charge in [-0.15, -0.1) is 0 Å². The SMILES string of the molecule is CN1CCCN(Cc2c(O)ccc3ccccc23)CC1. The second kappa shape index (κ2) is 5.81. The molecular formula is C17H22N2O. The van der Waals surface area contributed by atoms with Crippen LogP contribution in [0.5, 0.6) is 5.75 Å². The number of aromatic hydroxyl groups is 1. The summed E-state index contributed by atoms with van der Waals surface area (Å²) in [5, 5.41) is 12.6. The summed E-state index contributed by atoms with van der Waals surface area (Å²) in [7, 11) is 2.18. The third-order valence-electron chi connectivity index (χ3n) is 4.21. The molecule has 0 aromatic heterocycles. The zero-order valence-corrected chi connectivity index (χ0v) is 12.0. The Morgan fingerprint density at radius 3 is 2.75 bits per heavy atom. The van der Waals surface area contributed by atoms with Crippen LogP contribution in [0.15, 0.2) is 36.4 Å². The highest BCUT2D eigenvalue weighted by Crippen LogP contribution is 2.28. The molecule has 0 bridgehead atoms. The lowest BCUT2D eigenvalue weighted by Gasteiger charge is -2.21. The van der Waals surface area contributed by atoms with Crippen LogP contribution in [0.1, 0.15) is 12.0 Å². The van der Waals surface area contributed by atoms with Crippen molar-refractivity contribution in [3.63, 3.8) is 0 Å². The van der Waals surface area contributed by atoms with Crippen molar-refractivity contribution in [3.05, 3.63) is 42.0 Å². The van der Waals surface area contributed by atoms with E-state index in [2.05, 4.69) is 29.0 Å². The fourth-order valence-corrected chi connectivity index (χ4v) is 2.97. The van der Waals surface area contributed by atoms with Gasteiger partial charge in [0.15, 0.2) is 0 Å². The first-order chi connectivity index (χ1) is 9.74. The number of benzene rings is 2. The number of rotatable bonds is 2. The zero-order valence-electron chi connectivity index (χ0n) is 12.0. The summed E-state index contributed by atoms with van der Waals surface area (Å²) in [5.41, 5.74) is 1.06. The normalized spacial score (nSPS) is 18.2. The maximum absolute atomic E-state index is 10.2. The fourth-order valence-electron chi connectivity index (χ4n) is 2.97. The lowest BCUT2D eigenvalue weighted by molar-refractivity contribution is 0.267. The Labute approximate surface area is 120 Å². The molecule has 3 nitrogen and oxygen atoms in total. The van der Waals surface area contributed by atoms with Crippen molar-refractivity contribution < 1.29 is 5.11 Å². The Kier molecular flexibility index (Phi) is 3.90. The van der Waals surface area contributed by atoms with Crippen LogP contribution in [0, 0.1) is 0 Å². The smallest absolute Gasteiger partial charge is 0.120 e. The molecule has 20 heavy (non-hydrogen) atoms. The Morgan fingerprint density at radius 2 is 1.85 bits per heavy atom. The van der Waals surface area contributed by atoms with Crippen LogP contribution in [0.25, 0.3) is 10.8 Å². The van der Waals surface area contributed by atoms with E-state index in [-0.39, 0.29) is 0 Å². The monoisotopic (exact) mass is 270 g/mol. The molecule has 0 radical (unpaired) electrons. The van der Waals surface area contributed by atoms with Gasteiger partial charge in [0.2, 0.25) is 0 Å². The average Bonchev–Trinajstić information content (AvgIpc) is 2.67. The van der Waals surface area contributed by atoms with Gasteiger partial charge >= 0.3 is 0 Å². The Morgan fingerprint density at radius 1 is 1.00 bits per heavy atom. The van der Waals surface area contributed by atoms with Crippen LogP contribution in [0.3, 0.4) is 0 Å². The van der Waals surface area contributed by atoms with Crippen LogP contribution in [0.4, 0.5) is 0 Å². The van der Waals surface area contributed by atoms with Gasteiger partial charge in [0.1, 0.15) is 5.75 Å². The number of nitrogens with zero attached hydrogens (tertiary/aromatic N) is 2. The summed E-state index contributed by atoms with van der Waals surface area (Å²) >= 11 is 0. The van der Waals surface area contributed by atoms with Gasteiger partial charge in [0, 0.05) is 25.2 Å². The second-order valence-corrected chi connectivity index (χ2v) is 5.72. The largest absolute Gasteiger partial charge is 0.508 e. The van der Waals surface area contributed by atoms with Crippen molar-refractivity contribution in [2.75, 3.05) is 33.2 Å². The van der Waals surface area contributed by atoms with Crippen LogP contribution in [0.2, 0.25) is 0 Å². The van der Waals surface area contributed by atoms with Gasteiger partial charge in [-0.25, -0.2) is 0 Å². The number of hydrogen-bond donors (Lipinski definition) is 1. The van der Waals surface area contributed by atoms with Crippen molar-refractivity contribution in [3.8, 4) is 5.75 Å². The molecule has 0 amide bonds. The van der Waals surface area contributed by atoms with E-state index in [1.807, 2.05) is 24.3 Å². The minimum Gasteiger partial charge on any atom is -0.508 e. The minimum atomic E-state index is 0.418. The first-order valence-corrected chi connectivity index (χ1v) is 7.34. The molecule has 2 aromatic rings. The summed E-state index contributed by atoms with van der Waals surface area (Å²) in [6, 6.07) is 12.1. The molecule has 1 heterocycles. The quantitative estimate of drug-likeness (QED) is 0.909. The summed E-state index contributed by atoms with van der Waals surface area (Å²) in [6.07, 6.45) is 1.20. The molecule has 0 unspecified atom stereocenters. The predicted octanol–water partition coefficient (Wildman–Crippen LogP) is 2.68. The Hall–Kier alpha value is -1.58. The molecule has 0 atom stereocenters. The highest BCUT2D eigenvalue weighted by atomic mass is 16.3. The molecule has 1 aliphatic rings. The van der Waals surface area contributed by atoms with E-state index >= 15 is 0 Å². The lowest BCUT2D eigenvalue weighted by Crippen LogP contribution is -2.28. The number of phenols is 1. The summed E-state index contributed by atoms with van der Waals surface area (Å²) in [4.78, 5) is 4.83. The molecule has 2 aromatic carbocycles. The van der Waals surface area contributed by atoms with E-state index in [9.17, 15) is 5.11 Å². The maximum atomic E-state index is 10.2. The van der Waals surface area contributed by atoms with Gasteiger partial charge in [-0.1, -0.05) is 30.3 Å². The predicted molar refractivity (Wildman–Crippen MR) is 83.0 cm³/mol. The first kappa shape index (κ1) is 13.4. The van der Waals surface area contributed by atoms with E-state index in [0.717, 1.165) is 38.3 Å².